The first-order valence-corrected chi connectivity index (χ1v) is 7.67. The molecule has 1 saturated carbocycles. The number of nitro benzene ring substituents is 1. The van der Waals surface area contributed by atoms with Crippen molar-refractivity contribution in [2.45, 2.75) is 64.4 Å². The molecule has 1 aliphatic rings. The lowest BCUT2D eigenvalue weighted by atomic mass is 10.1. The highest BCUT2D eigenvalue weighted by atomic mass is 16.6. The van der Waals surface area contributed by atoms with Crippen LogP contribution < -0.4 is 5.32 Å². The van der Waals surface area contributed by atoms with Gasteiger partial charge in [-0.05, 0) is 39.7 Å². The van der Waals surface area contributed by atoms with Gasteiger partial charge in [-0.2, -0.15) is 0 Å². The summed E-state index contributed by atoms with van der Waals surface area (Å²) in [5.74, 6) is 0. The van der Waals surface area contributed by atoms with E-state index in [0.29, 0.717) is 17.3 Å². The summed E-state index contributed by atoms with van der Waals surface area (Å²) >= 11 is 0. The molecule has 1 aliphatic carbocycles. The minimum atomic E-state index is -1.18. The largest absolute Gasteiger partial charge is 0.377 e. The number of hydrogen-bond acceptors (Lipinski definition) is 5. The maximum Gasteiger partial charge on any atom is 0.292 e. The lowest BCUT2D eigenvalue weighted by Gasteiger charge is -2.24. The summed E-state index contributed by atoms with van der Waals surface area (Å²) in [7, 11) is 0. The molecule has 2 N–H and O–H groups in total. The number of rotatable bonds is 5. The summed E-state index contributed by atoms with van der Waals surface area (Å²) in [5.41, 5.74) is 0.331. The lowest BCUT2D eigenvalue weighted by molar-refractivity contribution is -0.384. The van der Waals surface area contributed by atoms with E-state index in [1.165, 1.54) is 6.07 Å². The van der Waals surface area contributed by atoms with Gasteiger partial charge in [-0.1, -0.05) is 18.9 Å². The monoisotopic (exact) mass is 308 g/mol. The number of nitrogens with one attached hydrogen (secondary N) is 1. The van der Waals surface area contributed by atoms with Gasteiger partial charge in [0.2, 0.25) is 0 Å². The summed E-state index contributed by atoms with van der Waals surface area (Å²) in [6.07, 6.45) is 3.20. The minimum Gasteiger partial charge on any atom is -0.377 e. The highest BCUT2D eigenvalue weighted by Gasteiger charge is 2.24. The highest BCUT2D eigenvalue weighted by Crippen LogP contribution is 2.32. The lowest BCUT2D eigenvalue weighted by Crippen LogP contribution is -2.22. The van der Waals surface area contributed by atoms with E-state index in [4.69, 9.17) is 4.74 Å². The number of benzene rings is 1. The highest BCUT2D eigenvalue weighted by molar-refractivity contribution is 5.63. The molecule has 1 atom stereocenters. The van der Waals surface area contributed by atoms with Gasteiger partial charge in [-0.3, -0.25) is 10.1 Å². The number of ether oxygens (including phenoxy) is 1. The summed E-state index contributed by atoms with van der Waals surface area (Å²) in [4.78, 5) is 10.9. The Morgan fingerprint density at radius 2 is 2.00 bits per heavy atom. The summed E-state index contributed by atoms with van der Waals surface area (Å²) < 4.78 is 5.44. The Labute approximate surface area is 130 Å². The van der Waals surface area contributed by atoms with E-state index in [0.717, 1.165) is 25.7 Å². The van der Waals surface area contributed by atoms with Gasteiger partial charge in [0.05, 0.1) is 10.5 Å². The van der Waals surface area contributed by atoms with E-state index in [2.05, 4.69) is 5.32 Å². The minimum absolute atomic E-state index is 0.0269. The number of aliphatic hydroxyl groups excluding tert-OH is 1. The van der Waals surface area contributed by atoms with Crippen molar-refractivity contribution in [1.82, 2.24) is 0 Å². The molecule has 1 unspecified atom stereocenters. The Morgan fingerprint density at radius 3 is 2.55 bits per heavy atom. The van der Waals surface area contributed by atoms with Crippen molar-refractivity contribution in [1.29, 1.82) is 0 Å². The topological polar surface area (TPSA) is 84.6 Å². The second-order valence-electron chi connectivity index (χ2n) is 6.74. The van der Waals surface area contributed by atoms with Crippen molar-refractivity contribution in [2.24, 2.45) is 0 Å². The van der Waals surface area contributed by atoms with Crippen LogP contribution >= 0.6 is 0 Å². The fourth-order valence-electron chi connectivity index (χ4n) is 2.67. The Hall–Kier alpha value is -1.66. The molecule has 22 heavy (non-hydrogen) atoms. The fraction of sp³-hybridized carbons (Fsp3) is 0.625. The van der Waals surface area contributed by atoms with Crippen LogP contribution in [0.1, 0.15) is 58.3 Å². The molecule has 0 saturated heterocycles. The second-order valence-corrected chi connectivity index (χ2v) is 6.74. The molecule has 0 amide bonds. The molecule has 1 aromatic carbocycles. The van der Waals surface area contributed by atoms with Crippen LogP contribution in [0.5, 0.6) is 0 Å². The van der Waals surface area contributed by atoms with E-state index >= 15 is 0 Å². The van der Waals surface area contributed by atoms with Gasteiger partial charge in [-0.15, -0.1) is 0 Å². The molecule has 1 aromatic rings. The van der Waals surface area contributed by atoms with E-state index < -0.39 is 16.8 Å². The van der Waals surface area contributed by atoms with Crippen LogP contribution in [0.3, 0.4) is 0 Å². The van der Waals surface area contributed by atoms with Crippen molar-refractivity contribution in [3.8, 4) is 0 Å². The van der Waals surface area contributed by atoms with Gasteiger partial charge < -0.3 is 15.2 Å². The number of anilines is 1. The van der Waals surface area contributed by atoms with Crippen molar-refractivity contribution < 1.29 is 14.8 Å². The van der Waals surface area contributed by atoms with Gasteiger partial charge in [0.25, 0.3) is 5.69 Å². The summed E-state index contributed by atoms with van der Waals surface area (Å²) in [5, 5.41) is 24.6. The molecule has 122 valence electrons. The molecule has 0 bridgehead atoms. The molecule has 0 aromatic heterocycles. The van der Waals surface area contributed by atoms with Crippen LogP contribution in [-0.4, -0.2) is 21.7 Å². The predicted molar refractivity (Wildman–Crippen MR) is 84.8 cm³/mol. The van der Waals surface area contributed by atoms with Gasteiger partial charge in [0, 0.05) is 17.7 Å². The van der Waals surface area contributed by atoms with Gasteiger partial charge in [0.15, 0.2) is 6.29 Å². The second kappa shape index (κ2) is 6.62. The third kappa shape index (κ3) is 4.42. The Kier molecular flexibility index (Phi) is 5.03. The molecule has 1 fully saturated rings. The zero-order valence-corrected chi connectivity index (χ0v) is 13.3. The average molecular weight is 308 g/mol. The maximum atomic E-state index is 11.3. The standard InChI is InChI=1S/C16H24N2O4/c1-16(2,3)22-15(19)11-8-9-13(14(10-11)18(20)21)17-12-6-4-5-7-12/h8-10,12,15,17,19H,4-7H2,1-3H3. The van der Waals surface area contributed by atoms with E-state index in [1.54, 1.807) is 12.1 Å². The molecule has 0 heterocycles. The van der Waals surface area contributed by atoms with Crippen LogP contribution in [-0.2, 0) is 4.74 Å². The van der Waals surface area contributed by atoms with Crippen LogP contribution in [0.15, 0.2) is 18.2 Å². The average Bonchev–Trinajstić information content (AvgIpc) is 2.89. The quantitative estimate of drug-likeness (QED) is 0.491. The Morgan fingerprint density at radius 1 is 1.36 bits per heavy atom. The van der Waals surface area contributed by atoms with Crippen molar-refractivity contribution in [2.75, 3.05) is 5.32 Å². The molecule has 0 aliphatic heterocycles. The third-order valence-electron chi connectivity index (χ3n) is 3.68. The van der Waals surface area contributed by atoms with Gasteiger partial charge in [-0.25, -0.2) is 0 Å². The van der Waals surface area contributed by atoms with Crippen LogP contribution in [0.25, 0.3) is 0 Å². The van der Waals surface area contributed by atoms with Crippen molar-refractivity contribution >= 4 is 11.4 Å². The van der Waals surface area contributed by atoms with Crippen molar-refractivity contribution in [3.63, 3.8) is 0 Å². The summed E-state index contributed by atoms with van der Waals surface area (Å²) in [6.45, 7) is 5.46. The van der Waals surface area contributed by atoms with E-state index in [-0.39, 0.29) is 5.69 Å². The number of nitrogens with zero attached hydrogens (tertiary/aromatic N) is 1. The van der Waals surface area contributed by atoms with Crippen LogP contribution in [0.4, 0.5) is 11.4 Å². The smallest absolute Gasteiger partial charge is 0.292 e. The molecule has 6 heteroatoms. The zero-order chi connectivity index (χ0) is 16.3. The van der Waals surface area contributed by atoms with Gasteiger partial charge in [0.1, 0.15) is 5.69 Å². The van der Waals surface area contributed by atoms with Crippen LogP contribution in [0, 0.1) is 10.1 Å². The molecule has 6 nitrogen and oxygen atoms in total. The number of aliphatic hydroxyl groups is 1. The summed E-state index contributed by atoms with van der Waals surface area (Å²) in [6, 6.07) is 5.00. The van der Waals surface area contributed by atoms with E-state index in [1.807, 2.05) is 20.8 Å². The molecule has 0 radical (unpaired) electrons. The normalized spacial score (nSPS) is 17.5. The fourth-order valence-corrected chi connectivity index (χ4v) is 2.67. The first kappa shape index (κ1) is 16.7. The SMILES string of the molecule is CC(C)(C)OC(O)c1ccc(NC2CCCC2)c([N+](=O)[O-])c1. The Balaban J connectivity index is 2.20. The third-order valence-corrected chi connectivity index (χ3v) is 3.68. The Bertz CT molecular complexity index is 533. The molecular formula is C16H24N2O4. The van der Waals surface area contributed by atoms with Crippen LogP contribution in [0.2, 0.25) is 0 Å². The van der Waals surface area contributed by atoms with E-state index in [9.17, 15) is 15.2 Å². The molecular weight excluding hydrogens is 284 g/mol. The number of hydrogen-bond donors (Lipinski definition) is 2. The first-order chi connectivity index (χ1) is 10.3. The zero-order valence-electron chi connectivity index (χ0n) is 13.3. The first-order valence-electron chi connectivity index (χ1n) is 7.67. The van der Waals surface area contributed by atoms with Gasteiger partial charge >= 0.3 is 0 Å². The maximum absolute atomic E-state index is 11.3. The predicted octanol–water partition coefficient (Wildman–Crippen LogP) is 3.76. The number of nitro groups is 1. The molecule has 0 spiro atoms. The molecule has 2 rings (SSSR count). The van der Waals surface area contributed by atoms with Crippen molar-refractivity contribution in [3.05, 3.63) is 33.9 Å².